The number of nitrogens with zero attached hydrogens (tertiary/aromatic N) is 4. The van der Waals surface area contributed by atoms with Gasteiger partial charge in [-0.15, -0.1) is 0 Å². The number of pyridine rings is 1. The summed E-state index contributed by atoms with van der Waals surface area (Å²) in [5, 5.41) is 8.19. The normalized spacial score (nSPS) is 13.2. The summed E-state index contributed by atoms with van der Waals surface area (Å²) in [6.07, 6.45) is -2.77. The number of nitrogens with one attached hydrogen (secondary N) is 3. The molecule has 0 radical (unpaired) electrons. The number of amides is 1. The highest BCUT2D eigenvalue weighted by Crippen LogP contribution is 2.35. The Kier molecular flexibility index (Phi) is 6.47. The molecule has 36 heavy (non-hydrogen) atoms. The van der Waals surface area contributed by atoms with Crippen molar-refractivity contribution in [2.45, 2.75) is 26.1 Å². The van der Waals surface area contributed by atoms with E-state index in [0.717, 1.165) is 16.1 Å². The number of carbonyl (C=O) groups excluding carboxylic acids is 1. The molecule has 1 aromatic carbocycles. The maximum atomic E-state index is 13.6. The van der Waals surface area contributed by atoms with Gasteiger partial charge in [0.25, 0.3) is 0 Å². The summed E-state index contributed by atoms with van der Waals surface area (Å²) in [6, 6.07) is 8.22. The van der Waals surface area contributed by atoms with Crippen LogP contribution in [0.2, 0.25) is 0 Å². The fourth-order valence-electron chi connectivity index (χ4n) is 3.52. The lowest BCUT2D eigenvalue weighted by molar-refractivity contribution is -0.137. The van der Waals surface area contributed by atoms with Crippen LogP contribution in [0.4, 0.5) is 42.1 Å². The summed E-state index contributed by atoms with van der Waals surface area (Å²) < 4.78 is 65.5. The summed E-state index contributed by atoms with van der Waals surface area (Å²) in [5.41, 5.74) is 1.82. The molecule has 0 saturated carbocycles. The van der Waals surface area contributed by atoms with Crippen molar-refractivity contribution >= 4 is 44.9 Å². The quantitative estimate of drug-likeness (QED) is 0.431. The number of benzene rings is 1. The van der Waals surface area contributed by atoms with Gasteiger partial charge in [-0.05, 0) is 42.3 Å². The molecule has 1 amide bonds. The molecule has 0 atom stereocenters. The van der Waals surface area contributed by atoms with Gasteiger partial charge in [0.05, 0.1) is 24.9 Å². The van der Waals surface area contributed by atoms with Crippen molar-refractivity contribution in [3.63, 3.8) is 0 Å². The molecule has 1 aliphatic heterocycles. The molecule has 4 rings (SSSR count). The minimum atomic E-state index is -4.72. The van der Waals surface area contributed by atoms with Gasteiger partial charge < -0.3 is 16.0 Å². The largest absolute Gasteiger partial charge is 0.421 e. The summed E-state index contributed by atoms with van der Waals surface area (Å²) in [5.74, 6) is -0.575. The number of rotatable bonds is 7. The number of halogens is 3. The molecule has 3 heterocycles. The number of alkyl halides is 3. The van der Waals surface area contributed by atoms with Gasteiger partial charge in [0.2, 0.25) is 21.9 Å². The lowest BCUT2D eigenvalue weighted by Gasteiger charge is -2.18. The molecule has 14 heteroatoms. The van der Waals surface area contributed by atoms with Crippen molar-refractivity contribution in [3.05, 3.63) is 58.9 Å². The second-order valence-electron chi connectivity index (χ2n) is 8.25. The first-order valence-electron chi connectivity index (χ1n) is 10.6. The number of hydrogen-bond acceptors (Lipinski definition) is 8. The van der Waals surface area contributed by atoms with Crippen molar-refractivity contribution in [3.8, 4) is 0 Å². The highest BCUT2D eigenvalue weighted by atomic mass is 32.2. The first-order valence-corrected chi connectivity index (χ1v) is 12.4. The number of hydrogen-bond donors (Lipinski definition) is 3. The van der Waals surface area contributed by atoms with Gasteiger partial charge in [-0.3, -0.25) is 9.10 Å². The maximum Gasteiger partial charge on any atom is 0.421 e. The van der Waals surface area contributed by atoms with Crippen LogP contribution in [-0.4, -0.2) is 42.6 Å². The number of aryl methyl sites for hydroxylation is 1. The van der Waals surface area contributed by atoms with Gasteiger partial charge in [0, 0.05) is 24.6 Å². The molecule has 10 nitrogen and oxygen atoms in total. The van der Waals surface area contributed by atoms with E-state index in [-0.39, 0.29) is 30.6 Å². The van der Waals surface area contributed by atoms with Crippen LogP contribution in [-0.2, 0) is 34.0 Å². The Morgan fingerprint density at radius 1 is 1.17 bits per heavy atom. The molecule has 0 saturated heterocycles. The molecular formula is C22H22F3N7O3S. The zero-order chi connectivity index (χ0) is 26.3. The highest BCUT2D eigenvalue weighted by Gasteiger charge is 2.35. The summed E-state index contributed by atoms with van der Waals surface area (Å²) in [6.45, 7) is 1.56. The number of anilines is 5. The number of carbonyl (C=O) groups is 1. The van der Waals surface area contributed by atoms with Gasteiger partial charge in [-0.1, -0.05) is 6.07 Å². The summed E-state index contributed by atoms with van der Waals surface area (Å²) >= 11 is 0. The number of aromatic nitrogens is 3. The van der Waals surface area contributed by atoms with E-state index < -0.39 is 27.6 Å². The average Bonchev–Trinajstić information content (AvgIpc) is 3.14. The van der Waals surface area contributed by atoms with E-state index in [1.807, 2.05) is 0 Å². The topological polar surface area (TPSA) is 129 Å². The third-order valence-corrected chi connectivity index (χ3v) is 6.53. The van der Waals surface area contributed by atoms with E-state index in [4.69, 9.17) is 0 Å². The Morgan fingerprint density at radius 3 is 2.61 bits per heavy atom. The molecule has 0 spiro atoms. The van der Waals surface area contributed by atoms with Crippen LogP contribution >= 0.6 is 0 Å². The molecule has 0 fully saturated rings. The first kappa shape index (κ1) is 25.2. The van der Waals surface area contributed by atoms with E-state index >= 15 is 0 Å². The molecule has 3 aromatic rings. The van der Waals surface area contributed by atoms with Crippen molar-refractivity contribution in [2.75, 3.05) is 33.6 Å². The Hall–Kier alpha value is -3.94. The van der Waals surface area contributed by atoms with Gasteiger partial charge in [-0.25, -0.2) is 18.4 Å². The highest BCUT2D eigenvalue weighted by molar-refractivity contribution is 7.92. The maximum absolute atomic E-state index is 13.6. The van der Waals surface area contributed by atoms with Crippen LogP contribution in [0.25, 0.3) is 0 Å². The van der Waals surface area contributed by atoms with Crippen molar-refractivity contribution < 1.29 is 26.4 Å². The van der Waals surface area contributed by atoms with E-state index in [2.05, 4.69) is 30.9 Å². The smallest absolute Gasteiger partial charge is 0.364 e. The monoisotopic (exact) mass is 521 g/mol. The van der Waals surface area contributed by atoms with Crippen molar-refractivity contribution in [1.82, 2.24) is 15.0 Å². The van der Waals surface area contributed by atoms with Gasteiger partial charge in [0.1, 0.15) is 17.2 Å². The van der Waals surface area contributed by atoms with E-state index in [0.29, 0.717) is 28.8 Å². The van der Waals surface area contributed by atoms with Crippen LogP contribution in [0.5, 0.6) is 0 Å². The standard InChI is InChI=1S/C22H22F3N7O3S/c1-12-6-15(28-18(7-12)32(2)36(3,34)35)10-26-20-16(22(23,24)25)11-27-21(31-20)29-14-5-4-13-8-19(33)30-17(13)9-14/h4-7,9,11H,8,10H2,1-3H3,(H,30,33)(H2,26,27,29,31). The van der Waals surface area contributed by atoms with E-state index in [1.54, 1.807) is 37.3 Å². The second kappa shape index (κ2) is 9.26. The fraction of sp³-hybridized carbons (Fsp3) is 0.273. The molecule has 3 N–H and O–H groups in total. The molecule has 0 bridgehead atoms. The number of fused-ring (bicyclic) bond motifs is 1. The van der Waals surface area contributed by atoms with E-state index in [9.17, 15) is 26.4 Å². The number of sulfonamides is 1. The second-order valence-corrected chi connectivity index (χ2v) is 10.3. The third-order valence-electron chi connectivity index (χ3n) is 5.35. The van der Waals surface area contributed by atoms with Gasteiger partial charge in [-0.2, -0.15) is 18.2 Å². The van der Waals surface area contributed by atoms with Gasteiger partial charge >= 0.3 is 6.18 Å². The van der Waals surface area contributed by atoms with E-state index in [1.165, 1.54) is 7.05 Å². The van der Waals surface area contributed by atoms with Crippen LogP contribution in [0.3, 0.4) is 0 Å². The predicted octanol–water partition coefficient (Wildman–Crippen LogP) is 3.44. The summed E-state index contributed by atoms with van der Waals surface area (Å²) in [4.78, 5) is 23.6. The fourth-order valence-corrected chi connectivity index (χ4v) is 3.95. The zero-order valence-electron chi connectivity index (χ0n) is 19.4. The Balaban J connectivity index is 1.59. The molecule has 0 unspecified atom stereocenters. The third kappa shape index (κ3) is 5.64. The van der Waals surface area contributed by atoms with Crippen LogP contribution in [0.15, 0.2) is 36.5 Å². The zero-order valence-corrected chi connectivity index (χ0v) is 20.3. The molecule has 2 aromatic heterocycles. The predicted molar refractivity (Wildman–Crippen MR) is 129 cm³/mol. The molecular weight excluding hydrogens is 499 g/mol. The van der Waals surface area contributed by atoms with Crippen molar-refractivity contribution in [2.24, 2.45) is 0 Å². The lowest BCUT2D eigenvalue weighted by Crippen LogP contribution is -2.26. The SMILES string of the molecule is Cc1cc(CNc2nc(Nc3ccc4c(c3)NC(=O)C4)ncc2C(F)(F)F)nc(N(C)S(C)(=O)=O)c1. The molecule has 0 aliphatic carbocycles. The Bertz CT molecular complexity index is 1450. The average molecular weight is 522 g/mol. The minimum absolute atomic E-state index is 0.0931. The van der Waals surface area contributed by atoms with Crippen LogP contribution < -0.4 is 20.3 Å². The minimum Gasteiger partial charge on any atom is -0.364 e. The molecule has 190 valence electrons. The Morgan fingerprint density at radius 2 is 1.92 bits per heavy atom. The van der Waals surface area contributed by atoms with Crippen LogP contribution in [0, 0.1) is 6.92 Å². The van der Waals surface area contributed by atoms with Crippen molar-refractivity contribution in [1.29, 1.82) is 0 Å². The first-order chi connectivity index (χ1) is 16.8. The lowest BCUT2D eigenvalue weighted by atomic mass is 10.1. The van der Waals surface area contributed by atoms with Gasteiger partial charge in [0.15, 0.2) is 0 Å². The molecule has 1 aliphatic rings. The summed E-state index contributed by atoms with van der Waals surface area (Å²) in [7, 11) is -2.24. The Labute approximate surface area is 205 Å². The van der Waals surface area contributed by atoms with Crippen LogP contribution in [0.1, 0.15) is 22.4 Å².